The molecule has 0 saturated carbocycles. The number of nitrogens with two attached hydrogens (primary N) is 1. The lowest BCUT2D eigenvalue weighted by Crippen LogP contribution is -2.44. The van der Waals surface area contributed by atoms with Crippen LogP contribution < -0.4 is 17.0 Å². The fourth-order valence-corrected chi connectivity index (χ4v) is 4.51. The predicted molar refractivity (Wildman–Crippen MR) is 122 cm³/mol. The first kappa shape index (κ1) is 21.9. The highest BCUT2D eigenvalue weighted by molar-refractivity contribution is 7.13. The first-order chi connectivity index (χ1) is 15.4. The number of rotatable bonds is 6. The molecule has 32 heavy (non-hydrogen) atoms. The van der Waals surface area contributed by atoms with E-state index in [-0.39, 0.29) is 18.7 Å². The summed E-state index contributed by atoms with van der Waals surface area (Å²) in [6.07, 6.45) is 0. The molecule has 4 aromatic rings. The van der Waals surface area contributed by atoms with E-state index in [0.29, 0.717) is 16.1 Å². The molecule has 8 heteroatoms. The second-order valence-electron chi connectivity index (χ2n) is 7.44. The summed E-state index contributed by atoms with van der Waals surface area (Å²) in [7, 11) is 0. The van der Waals surface area contributed by atoms with Gasteiger partial charge in [0, 0.05) is 22.2 Å². The van der Waals surface area contributed by atoms with E-state index >= 15 is 0 Å². The second-order valence-corrected chi connectivity index (χ2v) is 8.39. The number of nitrogens with zero attached hydrogens (tertiary/aromatic N) is 2. The largest absolute Gasteiger partial charge is 0.331 e. The fourth-order valence-electron chi connectivity index (χ4n) is 3.70. The topological polar surface area (TPSA) is 70.0 Å². The van der Waals surface area contributed by atoms with Crippen molar-refractivity contribution < 1.29 is 8.78 Å². The van der Waals surface area contributed by atoms with Gasteiger partial charge in [0.2, 0.25) is 0 Å². The zero-order valence-corrected chi connectivity index (χ0v) is 18.1. The quantitative estimate of drug-likeness (QED) is 0.478. The maximum Gasteiger partial charge on any atom is 0.331 e. The van der Waals surface area contributed by atoms with Gasteiger partial charge in [0.15, 0.2) is 0 Å². The number of hydrogen-bond donors (Lipinski definition) is 1. The molecule has 0 aliphatic carbocycles. The van der Waals surface area contributed by atoms with Crippen molar-refractivity contribution in [3.05, 3.63) is 115 Å². The van der Waals surface area contributed by atoms with Crippen molar-refractivity contribution in [2.75, 3.05) is 0 Å². The molecule has 1 atom stereocenters. The molecule has 164 valence electrons. The van der Waals surface area contributed by atoms with Crippen molar-refractivity contribution in [1.82, 2.24) is 9.13 Å². The molecule has 0 radical (unpaired) electrons. The molecule has 0 saturated heterocycles. The molecule has 0 unspecified atom stereocenters. The smallest absolute Gasteiger partial charge is 0.322 e. The van der Waals surface area contributed by atoms with Gasteiger partial charge in [-0.15, -0.1) is 11.3 Å². The molecule has 0 bridgehead atoms. The number of halogens is 2. The molecule has 5 nitrogen and oxygen atoms in total. The van der Waals surface area contributed by atoms with Crippen molar-refractivity contribution in [3.8, 4) is 10.4 Å². The summed E-state index contributed by atoms with van der Waals surface area (Å²) in [5, 5.41) is 1.82. The summed E-state index contributed by atoms with van der Waals surface area (Å²) in [6.45, 7) is 1.20. The summed E-state index contributed by atoms with van der Waals surface area (Å²) in [5.74, 6) is -1.51. The van der Waals surface area contributed by atoms with E-state index in [9.17, 15) is 18.4 Å². The summed E-state index contributed by atoms with van der Waals surface area (Å²) in [4.78, 5) is 27.4. The number of aromatic nitrogens is 2. The van der Waals surface area contributed by atoms with Crippen LogP contribution in [0.5, 0.6) is 0 Å². The zero-order chi connectivity index (χ0) is 22.8. The van der Waals surface area contributed by atoms with Gasteiger partial charge in [-0.1, -0.05) is 42.5 Å². The maximum atomic E-state index is 14.3. The van der Waals surface area contributed by atoms with E-state index in [1.54, 1.807) is 19.1 Å². The molecular formula is C24H21F2N3O2S. The van der Waals surface area contributed by atoms with Crippen molar-refractivity contribution >= 4 is 11.3 Å². The molecule has 0 amide bonds. The van der Waals surface area contributed by atoms with Crippen LogP contribution in [0.25, 0.3) is 10.4 Å². The van der Waals surface area contributed by atoms with Gasteiger partial charge in [0.25, 0.3) is 5.56 Å². The molecule has 0 aliphatic rings. The summed E-state index contributed by atoms with van der Waals surface area (Å²) in [6, 6.07) is 15.6. The van der Waals surface area contributed by atoms with Gasteiger partial charge in [-0.2, -0.15) is 0 Å². The van der Waals surface area contributed by atoms with Crippen LogP contribution in [0, 0.1) is 18.6 Å². The van der Waals surface area contributed by atoms with Gasteiger partial charge in [0.1, 0.15) is 11.6 Å². The average Bonchev–Trinajstić information content (AvgIpc) is 3.31. The monoisotopic (exact) mass is 453 g/mol. The first-order valence-electron chi connectivity index (χ1n) is 10.00. The lowest BCUT2D eigenvalue weighted by atomic mass is 10.1. The van der Waals surface area contributed by atoms with Crippen LogP contribution in [0.4, 0.5) is 8.78 Å². The highest BCUT2D eigenvalue weighted by Crippen LogP contribution is 2.25. The fraction of sp³-hybridized carbons (Fsp3) is 0.167. The normalized spacial score (nSPS) is 12.1. The predicted octanol–water partition coefficient (Wildman–Crippen LogP) is 4.07. The van der Waals surface area contributed by atoms with Gasteiger partial charge in [-0.05, 0) is 36.1 Å². The number of benzene rings is 2. The third-order valence-corrected chi connectivity index (χ3v) is 6.33. The standard InChI is InChI=1S/C24H21F2N3O2S/c1-15-22(21-11-6-12-32-21)23(30)29(14-20(27)16-7-3-2-4-8-16)24(31)28(15)13-17-18(25)9-5-10-19(17)26/h2-12,20H,13-14,27H2,1H3/t20-/m0/s1. The van der Waals surface area contributed by atoms with Crippen LogP contribution in [-0.2, 0) is 13.1 Å². The Bertz CT molecular complexity index is 1340. The second kappa shape index (κ2) is 9.02. The molecule has 0 fully saturated rings. The molecule has 2 aromatic carbocycles. The van der Waals surface area contributed by atoms with Gasteiger partial charge in [-0.3, -0.25) is 13.9 Å². The minimum atomic E-state index is -0.757. The van der Waals surface area contributed by atoms with Crippen LogP contribution in [0.3, 0.4) is 0 Å². The van der Waals surface area contributed by atoms with Crippen LogP contribution in [-0.4, -0.2) is 9.13 Å². The summed E-state index contributed by atoms with van der Waals surface area (Å²) in [5.41, 5.74) is 6.34. The Labute approximate surface area is 187 Å². The SMILES string of the molecule is Cc1c(-c2cccs2)c(=O)n(C[C@H](N)c2ccccc2)c(=O)n1Cc1c(F)cccc1F. The Balaban J connectivity index is 1.90. The van der Waals surface area contributed by atoms with Crippen molar-refractivity contribution in [3.63, 3.8) is 0 Å². The van der Waals surface area contributed by atoms with Crippen LogP contribution in [0.15, 0.2) is 75.6 Å². The number of hydrogen-bond acceptors (Lipinski definition) is 4. The van der Waals surface area contributed by atoms with E-state index in [1.165, 1.54) is 22.0 Å². The van der Waals surface area contributed by atoms with Crippen LogP contribution >= 0.6 is 11.3 Å². The van der Waals surface area contributed by atoms with E-state index in [4.69, 9.17) is 5.73 Å². The molecule has 4 rings (SSSR count). The number of thiophene rings is 1. The molecule has 2 aromatic heterocycles. The Morgan fingerprint density at radius 1 is 0.938 bits per heavy atom. The molecule has 0 aliphatic heterocycles. The molecular weight excluding hydrogens is 432 g/mol. The van der Waals surface area contributed by atoms with Gasteiger partial charge < -0.3 is 5.73 Å². The van der Waals surface area contributed by atoms with Crippen molar-refractivity contribution in [1.29, 1.82) is 0 Å². The average molecular weight is 454 g/mol. The van der Waals surface area contributed by atoms with E-state index in [0.717, 1.165) is 22.3 Å². The van der Waals surface area contributed by atoms with Gasteiger partial charge in [0.05, 0.1) is 18.7 Å². The first-order valence-corrected chi connectivity index (χ1v) is 10.9. The van der Waals surface area contributed by atoms with Crippen LogP contribution in [0.2, 0.25) is 0 Å². The Morgan fingerprint density at radius 2 is 1.62 bits per heavy atom. The van der Waals surface area contributed by atoms with Crippen molar-refractivity contribution in [2.45, 2.75) is 26.1 Å². The minimum absolute atomic E-state index is 0.0694. The summed E-state index contributed by atoms with van der Waals surface area (Å²) < 4.78 is 31.0. The highest BCUT2D eigenvalue weighted by atomic mass is 32.1. The summed E-state index contributed by atoms with van der Waals surface area (Å²) >= 11 is 1.35. The van der Waals surface area contributed by atoms with E-state index in [2.05, 4.69) is 0 Å². The van der Waals surface area contributed by atoms with Gasteiger partial charge >= 0.3 is 5.69 Å². The van der Waals surface area contributed by atoms with Gasteiger partial charge in [-0.25, -0.2) is 13.6 Å². The Kier molecular flexibility index (Phi) is 6.16. The molecule has 2 N–H and O–H groups in total. The zero-order valence-electron chi connectivity index (χ0n) is 17.3. The van der Waals surface area contributed by atoms with E-state index in [1.807, 2.05) is 35.7 Å². The Hall–Kier alpha value is -3.36. The third-order valence-electron chi connectivity index (χ3n) is 5.44. The highest BCUT2D eigenvalue weighted by Gasteiger charge is 2.22. The minimum Gasteiger partial charge on any atom is -0.322 e. The maximum absolute atomic E-state index is 14.3. The van der Waals surface area contributed by atoms with Crippen LogP contribution in [0.1, 0.15) is 22.9 Å². The Morgan fingerprint density at radius 3 is 2.25 bits per heavy atom. The molecule has 2 heterocycles. The van der Waals surface area contributed by atoms with Crippen molar-refractivity contribution in [2.24, 2.45) is 5.73 Å². The molecule has 0 spiro atoms. The van der Waals surface area contributed by atoms with E-state index < -0.39 is 28.9 Å². The lowest BCUT2D eigenvalue weighted by molar-refractivity contribution is 0.493. The third kappa shape index (κ3) is 4.06. The lowest BCUT2D eigenvalue weighted by Gasteiger charge is -2.19.